The summed E-state index contributed by atoms with van der Waals surface area (Å²) >= 11 is 6.01. The fourth-order valence-electron chi connectivity index (χ4n) is 3.22. The average molecular weight is 479 g/mol. The molecule has 3 aromatic rings. The molecule has 0 saturated heterocycles. The van der Waals surface area contributed by atoms with E-state index < -0.39 is 6.61 Å². The van der Waals surface area contributed by atoms with E-state index in [0.717, 1.165) is 5.56 Å². The summed E-state index contributed by atoms with van der Waals surface area (Å²) in [6, 6.07) is 11.3. The van der Waals surface area contributed by atoms with Crippen LogP contribution in [0.4, 0.5) is 19.3 Å². The van der Waals surface area contributed by atoms with Crippen molar-refractivity contribution in [3.63, 3.8) is 0 Å². The highest BCUT2D eigenvalue weighted by atomic mass is 35.5. The summed E-state index contributed by atoms with van der Waals surface area (Å²) in [6.45, 7) is 0.908. The maximum Gasteiger partial charge on any atom is 0.387 e. The molecule has 0 aliphatic rings. The molecule has 0 aliphatic carbocycles. The minimum absolute atomic E-state index is 0.0264. The van der Waals surface area contributed by atoms with Gasteiger partial charge in [-0.2, -0.15) is 8.78 Å². The number of aromatic nitrogens is 2. The van der Waals surface area contributed by atoms with Crippen molar-refractivity contribution in [2.45, 2.75) is 33.0 Å². The number of amides is 2. The number of carbonyl (C=O) groups is 1. The molecule has 1 heterocycles. The molecule has 33 heavy (non-hydrogen) atoms. The van der Waals surface area contributed by atoms with Crippen LogP contribution < -0.4 is 14.8 Å². The predicted molar refractivity (Wildman–Crippen MR) is 122 cm³/mol. The Hall–Kier alpha value is -3.33. The van der Waals surface area contributed by atoms with E-state index in [2.05, 4.69) is 15.0 Å². The molecule has 2 amide bonds. The highest BCUT2D eigenvalue weighted by molar-refractivity contribution is 6.32. The van der Waals surface area contributed by atoms with Gasteiger partial charge < -0.3 is 24.3 Å². The average Bonchev–Trinajstić information content (AvgIpc) is 3.29. The Morgan fingerprint density at radius 2 is 2.06 bits per heavy atom. The van der Waals surface area contributed by atoms with E-state index in [4.69, 9.17) is 16.3 Å². The van der Waals surface area contributed by atoms with Crippen LogP contribution in [0.1, 0.15) is 18.9 Å². The number of halogens is 3. The topological polar surface area (TPSA) is 68.6 Å². The molecule has 0 saturated carbocycles. The molecule has 3 rings (SSSR count). The first-order valence-electron chi connectivity index (χ1n) is 10.4. The van der Waals surface area contributed by atoms with Crippen molar-refractivity contribution in [2.75, 3.05) is 18.5 Å². The predicted octanol–water partition coefficient (Wildman–Crippen LogP) is 5.66. The van der Waals surface area contributed by atoms with Crippen molar-refractivity contribution in [1.82, 2.24) is 14.5 Å². The number of alkyl halides is 2. The lowest BCUT2D eigenvalue weighted by Crippen LogP contribution is -2.35. The number of aryl methyl sites for hydroxylation is 1. The Morgan fingerprint density at radius 1 is 1.24 bits per heavy atom. The standard InChI is InChI=1S/C23H25ClF2N4O3/c1-2-32-20-7-4-3-6-17(20)15-30(12-5-11-29-13-10-27-16-29)23(31)28-18-8-9-21(19(24)14-18)33-22(25)26/h3-4,6-10,13-14,16,22H,2,5,11-12,15H2,1H3,(H,28,31). The van der Waals surface area contributed by atoms with Crippen molar-refractivity contribution in [3.05, 3.63) is 71.8 Å². The molecule has 2 aromatic carbocycles. The van der Waals surface area contributed by atoms with Gasteiger partial charge in [0.15, 0.2) is 0 Å². The Balaban J connectivity index is 1.73. The third-order valence-electron chi connectivity index (χ3n) is 4.72. The highest BCUT2D eigenvalue weighted by Gasteiger charge is 2.17. The molecule has 0 spiro atoms. The van der Waals surface area contributed by atoms with Crippen molar-refractivity contribution in [1.29, 1.82) is 0 Å². The first-order valence-corrected chi connectivity index (χ1v) is 10.8. The van der Waals surface area contributed by atoms with Gasteiger partial charge in [0.1, 0.15) is 11.5 Å². The summed E-state index contributed by atoms with van der Waals surface area (Å²) in [7, 11) is 0. The van der Waals surface area contributed by atoms with Gasteiger partial charge in [-0.1, -0.05) is 29.8 Å². The van der Waals surface area contributed by atoms with Gasteiger partial charge in [0.2, 0.25) is 0 Å². The molecule has 0 unspecified atom stereocenters. The molecule has 7 nitrogen and oxygen atoms in total. The van der Waals surface area contributed by atoms with Crippen LogP contribution in [0, 0.1) is 0 Å². The van der Waals surface area contributed by atoms with Crippen LogP contribution in [0.5, 0.6) is 11.5 Å². The zero-order chi connectivity index (χ0) is 23.6. The third kappa shape index (κ3) is 7.35. The lowest BCUT2D eigenvalue weighted by Gasteiger charge is -2.24. The minimum atomic E-state index is -2.99. The highest BCUT2D eigenvalue weighted by Crippen LogP contribution is 2.29. The first kappa shape index (κ1) is 24.3. The lowest BCUT2D eigenvalue weighted by molar-refractivity contribution is -0.0497. The number of carbonyl (C=O) groups excluding carboxylic acids is 1. The normalized spacial score (nSPS) is 10.8. The molecule has 176 valence electrons. The number of anilines is 1. The van der Waals surface area contributed by atoms with E-state index in [-0.39, 0.29) is 16.8 Å². The SMILES string of the molecule is CCOc1ccccc1CN(CCCn1ccnc1)C(=O)Nc1ccc(OC(F)F)c(Cl)c1. The number of rotatable bonds is 11. The lowest BCUT2D eigenvalue weighted by atomic mass is 10.2. The Kier molecular flexibility index (Phi) is 8.88. The van der Waals surface area contributed by atoms with Crippen LogP contribution in [0.3, 0.4) is 0 Å². The van der Waals surface area contributed by atoms with Crippen molar-refractivity contribution in [3.8, 4) is 11.5 Å². The van der Waals surface area contributed by atoms with E-state index in [1.54, 1.807) is 17.4 Å². The second kappa shape index (κ2) is 12.1. The summed E-state index contributed by atoms with van der Waals surface area (Å²) in [5.41, 5.74) is 1.24. The summed E-state index contributed by atoms with van der Waals surface area (Å²) in [5.74, 6) is 0.552. The van der Waals surface area contributed by atoms with Crippen molar-refractivity contribution < 1.29 is 23.0 Å². The number of para-hydroxylation sites is 1. The van der Waals surface area contributed by atoms with Gasteiger partial charge in [0.25, 0.3) is 0 Å². The molecule has 0 aliphatic heterocycles. The molecule has 0 bridgehead atoms. The van der Waals surface area contributed by atoms with Gasteiger partial charge in [0.05, 0.1) is 24.5 Å². The largest absolute Gasteiger partial charge is 0.494 e. The fraction of sp³-hybridized carbons (Fsp3) is 0.304. The number of hydrogen-bond acceptors (Lipinski definition) is 4. The monoisotopic (exact) mass is 478 g/mol. The maximum atomic E-state index is 13.1. The van der Waals surface area contributed by atoms with E-state index in [1.165, 1.54) is 18.2 Å². The van der Waals surface area contributed by atoms with Crippen molar-refractivity contribution >= 4 is 23.3 Å². The van der Waals surface area contributed by atoms with Gasteiger partial charge in [-0.05, 0) is 37.6 Å². The molecule has 1 N–H and O–H groups in total. The Morgan fingerprint density at radius 3 is 2.76 bits per heavy atom. The van der Waals surface area contributed by atoms with E-state index in [9.17, 15) is 13.6 Å². The zero-order valence-electron chi connectivity index (χ0n) is 18.1. The van der Waals surface area contributed by atoms with Gasteiger partial charge in [-0.3, -0.25) is 0 Å². The van der Waals surface area contributed by atoms with Crippen molar-refractivity contribution in [2.24, 2.45) is 0 Å². The molecular formula is C23H25ClF2N4O3. The molecule has 1 aromatic heterocycles. The quantitative estimate of drug-likeness (QED) is 0.386. The Bertz CT molecular complexity index is 1030. The van der Waals surface area contributed by atoms with E-state index >= 15 is 0 Å². The smallest absolute Gasteiger partial charge is 0.387 e. The third-order valence-corrected chi connectivity index (χ3v) is 5.02. The maximum absolute atomic E-state index is 13.1. The van der Waals surface area contributed by atoms with E-state index in [1.807, 2.05) is 42.0 Å². The molecule has 10 heteroatoms. The second-order valence-electron chi connectivity index (χ2n) is 7.07. The number of imidazole rings is 1. The minimum Gasteiger partial charge on any atom is -0.494 e. The van der Waals surface area contributed by atoms with Crippen LogP contribution >= 0.6 is 11.6 Å². The van der Waals surface area contributed by atoms with Crippen LogP contribution in [0.2, 0.25) is 5.02 Å². The van der Waals surface area contributed by atoms with Crippen LogP contribution in [0.15, 0.2) is 61.2 Å². The van der Waals surface area contributed by atoms with Gasteiger partial charge in [-0.25, -0.2) is 9.78 Å². The summed E-state index contributed by atoms with van der Waals surface area (Å²) in [4.78, 5) is 18.8. The van der Waals surface area contributed by atoms with E-state index in [0.29, 0.717) is 44.1 Å². The van der Waals surface area contributed by atoms with Gasteiger partial charge >= 0.3 is 12.6 Å². The fourth-order valence-corrected chi connectivity index (χ4v) is 3.45. The Labute approximate surface area is 195 Å². The van der Waals surface area contributed by atoms with Gasteiger partial charge in [0, 0.05) is 36.7 Å². The summed E-state index contributed by atoms with van der Waals surface area (Å²) in [6.07, 6.45) is 5.98. The number of nitrogens with one attached hydrogen (secondary N) is 1. The van der Waals surface area contributed by atoms with Crippen LogP contribution in [-0.2, 0) is 13.1 Å². The van der Waals surface area contributed by atoms with Crippen LogP contribution in [0.25, 0.3) is 0 Å². The number of nitrogens with zero attached hydrogens (tertiary/aromatic N) is 3. The second-order valence-corrected chi connectivity index (χ2v) is 7.48. The molecular weight excluding hydrogens is 454 g/mol. The first-order chi connectivity index (χ1) is 16.0. The molecule has 0 atom stereocenters. The molecule has 0 fully saturated rings. The number of urea groups is 1. The van der Waals surface area contributed by atoms with Gasteiger partial charge in [-0.15, -0.1) is 0 Å². The zero-order valence-corrected chi connectivity index (χ0v) is 18.8. The number of hydrogen-bond donors (Lipinski definition) is 1. The number of ether oxygens (including phenoxy) is 2. The number of benzene rings is 2. The summed E-state index contributed by atoms with van der Waals surface area (Å²) < 4.78 is 36.9. The summed E-state index contributed by atoms with van der Waals surface area (Å²) in [5, 5.41) is 2.75. The molecule has 0 radical (unpaired) electrons. The van der Waals surface area contributed by atoms with Crippen LogP contribution in [-0.4, -0.2) is 40.2 Å².